The van der Waals surface area contributed by atoms with Crippen molar-refractivity contribution in [3.63, 3.8) is 0 Å². The van der Waals surface area contributed by atoms with Crippen LogP contribution in [0.4, 0.5) is 0 Å². The van der Waals surface area contributed by atoms with Crippen LogP contribution in [0.15, 0.2) is 12.7 Å². The van der Waals surface area contributed by atoms with Gasteiger partial charge in [-0.1, -0.05) is 13.3 Å². The van der Waals surface area contributed by atoms with Crippen molar-refractivity contribution in [2.45, 2.75) is 51.7 Å². The van der Waals surface area contributed by atoms with Gasteiger partial charge in [-0.3, -0.25) is 14.4 Å². The summed E-state index contributed by atoms with van der Waals surface area (Å²) in [6.07, 6.45) is 6.88. The molecule has 0 aromatic carbocycles. The molecule has 0 aliphatic carbocycles. The van der Waals surface area contributed by atoms with Crippen molar-refractivity contribution in [1.29, 1.82) is 0 Å². The zero-order valence-electron chi connectivity index (χ0n) is 15.0. The van der Waals surface area contributed by atoms with E-state index in [1.54, 1.807) is 12.7 Å². The largest absolute Gasteiger partial charge is 0.339 e. The molecule has 0 radical (unpaired) electrons. The Morgan fingerprint density at radius 2 is 2.00 bits per heavy atom. The minimum Gasteiger partial charge on any atom is -0.339 e. The normalized spacial score (nSPS) is 24.9. The van der Waals surface area contributed by atoms with Gasteiger partial charge in [-0.25, -0.2) is 4.98 Å². The minimum absolute atomic E-state index is 0.0491. The molecular formula is C17H30N6O. The molecule has 2 aliphatic heterocycles. The second-order valence-corrected chi connectivity index (χ2v) is 6.94. The summed E-state index contributed by atoms with van der Waals surface area (Å²) in [4.78, 5) is 23.9. The van der Waals surface area contributed by atoms with Gasteiger partial charge in [-0.15, -0.1) is 0 Å². The third kappa shape index (κ3) is 3.95. The maximum absolute atomic E-state index is 13.0. The lowest BCUT2D eigenvalue weighted by atomic mass is 9.99. The minimum atomic E-state index is -0.0491. The first-order valence-electron chi connectivity index (χ1n) is 9.28. The lowest BCUT2D eigenvalue weighted by Gasteiger charge is -2.42. The Morgan fingerprint density at radius 1 is 1.21 bits per heavy atom. The lowest BCUT2D eigenvalue weighted by molar-refractivity contribution is -0.139. The second kappa shape index (κ2) is 8.07. The van der Waals surface area contributed by atoms with Gasteiger partial charge in [0.05, 0.1) is 12.6 Å². The number of aromatic nitrogens is 3. The van der Waals surface area contributed by atoms with Gasteiger partial charge in [-0.05, 0) is 32.9 Å². The Morgan fingerprint density at radius 3 is 2.67 bits per heavy atom. The fourth-order valence-corrected chi connectivity index (χ4v) is 3.96. The highest BCUT2D eigenvalue weighted by Gasteiger charge is 2.33. The third-order valence-corrected chi connectivity index (χ3v) is 5.52. The van der Waals surface area contributed by atoms with Gasteiger partial charge in [-0.2, -0.15) is 5.10 Å². The molecule has 3 rings (SSSR count). The van der Waals surface area contributed by atoms with Crippen LogP contribution in [0.3, 0.4) is 0 Å². The number of piperidine rings is 1. The Hall–Kier alpha value is -1.47. The molecule has 2 saturated heterocycles. The SMILES string of the molecule is CCN1CCN(C(=O)[C@@H](C)N2CCCC[C@@H]2Cn2cncn2)CC1. The molecule has 2 aliphatic rings. The fraction of sp³-hybridized carbons (Fsp3) is 0.824. The van der Waals surface area contributed by atoms with Gasteiger partial charge < -0.3 is 9.80 Å². The van der Waals surface area contributed by atoms with Gasteiger partial charge in [0, 0.05) is 32.2 Å². The van der Waals surface area contributed by atoms with E-state index >= 15 is 0 Å². The van der Waals surface area contributed by atoms with E-state index in [4.69, 9.17) is 0 Å². The molecule has 0 unspecified atom stereocenters. The van der Waals surface area contributed by atoms with Crippen LogP contribution in [0.5, 0.6) is 0 Å². The monoisotopic (exact) mass is 334 g/mol. The van der Waals surface area contributed by atoms with Gasteiger partial charge in [0.15, 0.2) is 0 Å². The summed E-state index contributed by atoms with van der Waals surface area (Å²) in [7, 11) is 0. The number of rotatable bonds is 5. The number of amides is 1. The zero-order valence-corrected chi connectivity index (χ0v) is 15.0. The number of piperazine rings is 1. The van der Waals surface area contributed by atoms with E-state index in [9.17, 15) is 4.79 Å². The van der Waals surface area contributed by atoms with Crippen LogP contribution in [0.1, 0.15) is 33.1 Å². The predicted octanol–water partition coefficient (Wildman–Crippen LogP) is 0.685. The maximum atomic E-state index is 13.0. The number of hydrogen-bond acceptors (Lipinski definition) is 5. The van der Waals surface area contributed by atoms with Crippen LogP contribution >= 0.6 is 0 Å². The van der Waals surface area contributed by atoms with Gasteiger partial charge >= 0.3 is 0 Å². The number of carbonyl (C=O) groups is 1. The molecule has 0 N–H and O–H groups in total. The summed E-state index contributed by atoms with van der Waals surface area (Å²) in [6.45, 7) is 10.9. The highest BCUT2D eigenvalue weighted by atomic mass is 16.2. The van der Waals surface area contributed by atoms with E-state index < -0.39 is 0 Å². The Kier molecular flexibility index (Phi) is 5.84. The average Bonchev–Trinajstić information content (AvgIpc) is 3.14. The van der Waals surface area contributed by atoms with E-state index in [0.717, 1.165) is 52.2 Å². The summed E-state index contributed by atoms with van der Waals surface area (Å²) >= 11 is 0. The highest BCUT2D eigenvalue weighted by Crippen LogP contribution is 2.22. The Balaban J connectivity index is 1.60. The number of likely N-dealkylation sites (N-methyl/N-ethyl adjacent to an activating group) is 1. The van der Waals surface area contributed by atoms with Crippen molar-refractivity contribution in [3.05, 3.63) is 12.7 Å². The van der Waals surface area contributed by atoms with Gasteiger partial charge in [0.2, 0.25) is 5.91 Å². The van der Waals surface area contributed by atoms with Crippen LogP contribution in [0, 0.1) is 0 Å². The molecule has 0 saturated carbocycles. The van der Waals surface area contributed by atoms with E-state index in [-0.39, 0.29) is 11.9 Å². The summed E-state index contributed by atoms with van der Waals surface area (Å²) in [5.41, 5.74) is 0. The van der Waals surface area contributed by atoms with Gasteiger partial charge in [0.1, 0.15) is 12.7 Å². The van der Waals surface area contributed by atoms with Crippen LogP contribution in [0.25, 0.3) is 0 Å². The van der Waals surface area contributed by atoms with Crippen LogP contribution in [-0.4, -0.2) is 86.7 Å². The lowest BCUT2D eigenvalue weighted by Crippen LogP contribution is -2.57. The molecule has 7 heteroatoms. The second-order valence-electron chi connectivity index (χ2n) is 6.94. The topological polar surface area (TPSA) is 57.5 Å². The average molecular weight is 334 g/mol. The predicted molar refractivity (Wildman–Crippen MR) is 92.5 cm³/mol. The van der Waals surface area contributed by atoms with E-state index in [1.807, 2.05) is 4.68 Å². The smallest absolute Gasteiger partial charge is 0.239 e. The number of carbonyl (C=O) groups excluding carboxylic acids is 1. The van der Waals surface area contributed by atoms with Crippen molar-refractivity contribution in [2.24, 2.45) is 0 Å². The first-order chi connectivity index (χ1) is 11.7. The molecule has 2 fully saturated rings. The molecule has 3 heterocycles. The summed E-state index contributed by atoms with van der Waals surface area (Å²) in [5, 5.41) is 4.23. The van der Waals surface area contributed by atoms with Crippen molar-refractivity contribution in [2.75, 3.05) is 39.3 Å². The molecule has 7 nitrogen and oxygen atoms in total. The fourth-order valence-electron chi connectivity index (χ4n) is 3.96. The number of nitrogens with zero attached hydrogens (tertiary/aromatic N) is 6. The molecular weight excluding hydrogens is 304 g/mol. The van der Waals surface area contributed by atoms with Crippen molar-refractivity contribution >= 4 is 5.91 Å². The molecule has 1 aromatic heterocycles. The number of hydrogen-bond donors (Lipinski definition) is 0. The number of likely N-dealkylation sites (tertiary alicyclic amines) is 1. The highest BCUT2D eigenvalue weighted by molar-refractivity contribution is 5.81. The molecule has 2 atom stereocenters. The molecule has 24 heavy (non-hydrogen) atoms. The van der Waals surface area contributed by atoms with Crippen molar-refractivity contribution in [3.8, 4) is 0 Å². The molecule has 0 bridgehead atoms. The quantitative estimate of drug-likeness (QED) is 0.793. The summed E-state index contributed by atoms with van der Waals surface area (Å²) < 4.78 is 1.89. The van der Waals surface area contributed by atoms with E-state index in [2.05, 4.69) is 38.6 Å². The maximum Gasteiger partial charge on any atom is 0.239 e. The van der Waals surface area contributed by atoms with Crippen LogP contribution in [-0.2, 0) is 11.3 Å². The molecule has 1 aromatic rings. The molecule has 0 spiro atoms. The van der Waals surface area contributed by atoms with Crippen LogP contribution in [0.2, 0.25) is 0 Å². The standard InChI is InChI=1S/C17H30N6O/c1-3-20-8-10-21(11-9-20)17(24)15(2)23-7-5-4-6-16(23)12-22-14-18-13-19-22/h13-16H,3-12H2,1-2H3/t15-,16-/m1/s1. The third-order valence-electron chi connectivity index (χ3n) is 5.52. The first-order valence-corrected chi connectivity index (χ1v) is 9.28. The summed E-state index contributed by atoms with van der Waals surface area (Å²) in [6, 6.07) is 0.323. The molecule has 1 amide bonds. The summed E-state index contributed by atoms with van der Waals surface area (Å²) in [5.74, 6) is 0.288. The van der Waals surface area contributed by atoms with Crippen molar-refractivity contribution < 1.29 is 4.79 Å². The van der Waals surface area contributed by atoms with Crippen LogP contribution < -0.4 is 0 Å². The van der Waals surface area contributed by atoms with Gasteiger partial charge in [0.25, 0.3) is 0 Å². The Labute approximate surface area is 144 Å². The zero-order chi connectivity index (χ0) is 16.9. The molecule has 134 valence electrons. The first kappa shape index (κ1) is 17.4. The Bertz CT molecular complexity index is 511. The van der Waals surface area contributed by atoms with Crippen molar-refractivity contribution in [1.82, 2.24) is 29.5 Å². The van der Waals surface area contributed by atoms with E-state index in [0.29, 0.717) is 6.04 Å². The van der Waals surface area contributed by atoms with E-state index in [1.165, 1.54) is 12.8 Å².